The van der Waals surface area contributed by atoms with Gasteiger partial charge in [-0.3, -0.25) is 9.59 Å². The lowest BCUT2D eigenvalue weighted by Crippen LogP contribution is -2.55. The largest absolute Gasteiger partial charge is 0.493 e. The molecule has 2 aliphatic heterocycles. The van der Waals surface area contributed by atoms with Gasteiger partial charge in [-0.05, 0) is 64.2 Å². The molecule has 1 aromatic rings. The van der Waals surface area contributed by atoms with Crippen LogP contribution in [-0.2, 0) is 14.3 Å². The Hall–Kier alpha value is -1.79. The molecule has 31 heavy (non-hydrogen) atoms. The number of amides is 2. The van der Waals surface area contributed by atoms with Crippen LogP contribution in [0, 0.1) is 5.41 Å². The molecule has 1 unspecified atom stereocenters. The van der Waals surface area contributed by atoms with Crippen LogP contribution < -0.4 is 4.74 Å². The Morgan fingerprint density at radius 1 is 1.10 bits per heavy atom. The summed E-state index contributed by atoms with van der Waals surface area (Å²) in [6, 6.07) is 7.30. The number of likely N-dealkylation sites (tertiary alicyclic amines) is 2. The fourth-order valence-corrected chi connectivity index (χ4v) is 4.71. The molecule has 2 saturated heterocycles. The third-order valence-corrected chi connectivity index (χ3v) is 6.79. The van der Waals surface area contributed by atoms with E-state index in [4.69, 9.17) is 21.1 Å². The Labute approximate surface area is 190 Å². The summed E-state index contributed by atoms with van der Waals surface area (Å²) >= 11 is 6.11. The summed E-state index contributed by atoms with van der Waals surface area (Å²) in [5.74, 6) is 0.792. The highest BCUT2D eigenvalue weighted by Crippen LogP contribution is 2.36. The normalized spacial score (nSPS) is 22.3. The van der Waals surface area contributed by atoms with Crippen molar-refractivity contribution in [1.82, 2.24) is 9.80 Å². The topological polar surface area (TPSA) is 59.1 Å². The summed E-state index contributed by atoms with van der Waals surface area (Å²) in [4.78, 5) is 30.1. The molecule has 2 amide bonds. The number of carbonyl (C=O) groups excluding carboxylic acids is 2. The van der Waals surface area contributed by atoms with Crippen molar-refractivity contribution in [2.75, 3.05) is 39.9 Å². The summed E-state index contributed by atoms with van der Waals surface area (Å²) < 4.78 is 11.6. The highest BCUT2D eigenvalue weighted by Gasteiger charge is 2.43. The maximum atomic E-state index is 13.2. The molecular weight excluding hydrogens is 416 g/mol. The van der Waals surface area contributed by atoms with E-state index in [9.17, 15) is 9.59 Å². The van der Waals surface area contributed by atoms with Crippen molar-refractivity contribution in [3.8, 4) is 5.75 Å². The number of nitrogens with zero attached hydrogens (tertiary/aromatic N) is 2. The number of ether oxygens (including phenoxy) is 2. The Kier molecular flexibility index (Phi) is 7.87. The van der Waals surface area contributed by atoms with Crippen molar-refractivity contribution in [3.05, 3.63) is 29.3 Å². The molecule has 6 nitrogen and oxygen atoms in total. The third-order valence-electron chi connectivity index (χ3n) is 6.55. The van der Waals surface area contributed by atoms with Crippen molar-refractivity contribution in [3.63, 3.8) is 0 Å². The van der Waals surface area contributed by atoms with Gasteiger partial charge in [0.15, 0.2) is 0 Å². The zero-order valence-electron chi connectivity index (χ0n) is 19.0. The molecule has 1 atom stereocenters. The summed E-state index contributed by atoms with van der Waals surface area (Å²) in [7, 11) is 1.55. The minimum atomic E-state index is -0.895. The molecule has 2 aliphatic rings. The third kappa shape index (κ3) is 6.13. The van der Waals surface area contributed by atoms with Gasteiger partial charge in [-0.2, -0.15) is 0 Å². The first-order valence-electron chi connectivity index (χ1n) is 11.3. The fourth-order valence-electron chi connectivity index (χ4n) is 4.53. The monoisotopic (exact) mass is 450 g/mol. The van der Waals surface area contributed by atoms with Crippen LogP contribution in [0.1, 0.15) is 52.4 Å². The zero-order valence-corrected chi connectivity index (χ0v) is 19.7. The SMILES string of the molecule is COC(C)(C)C(=O)N1CCCC(COc2cccc(Cl)c2)(CC(=O)N2CCCCC2)C1. The summed E-state index contributed by atoms with van der Waals surface area (Å²) in [6.45, 7) is 6.73. The lowest BCUT2D eigenvalue weighted by atomic mass is 9.76. The molecule has 3 rings (SSSR count). The molecule has 0 radical (unpaired) electrons. The summed E-state index contributed by atoms with van der Waals surface area (Å²) in [5, 5.41) is 0.609. The number of hydrogen-bond donors (Lipinski definition) is 0. The van der Waals surface area contributed by atoms with E-state index in [0.717, 1.165) is 38.8 Å². The lowest BCUT2D eigenvalue weighted by molar-refractivity contribution is -0.156. The van der Waals surface area contributed by atoms with Gasteiger partial charge in [-0.15, -0.1) is 0 Å². The molecule has 0 aliphatic carbocycles. The zero-order chi connectivity index (χ0) is 22.5. The number of halogens is 1. The number of methoxy groups -OCH3 is 1. The minimum Gasteiger partial charge on any atom is -0.493 e. The van der Waals surface area contributed by atoms with E-state index >= 15 is 0 Å². The van der Waals surface area contributed by atoms with Gasteiger partial charge in [0, 0.05) is 50.1 Å². The van der Waals surface area contributed by atoms with Crippen LogP contribution in [0.5, 0.6) is 5.75 Å². The minimum absolute atomic E-state index is 0.0488. The van der Waals surface area contributed by atoms with Crippen LogP contribution in [0.2, 0.25) is 5.02 Å². The standard InChI is InChI=1S/C24H35ClN2O4/c1-23(2,30-3)22(29)27-14-8-11-24(17-27,16-21(28)26-12-5-4-6-13-26)18-31-20-10-7-9-19(25)15-20/h7,9-10,15H,4-6,8,11-14,16-18H2,1-3H3. The predicted molar refractivity (Wildman–Crippen MR) is 121 cm³/mol. The lowest BCUT2D eigenvalue weighted by Gasteiger charge is -2.45. The van der Waals surface area contributed by atoms with Crippen LogP contribution >= 0.6 is 11.6 Å². The first-order valence-corrected chi connectivity index (χ1v) is 11.6. The van der Waals surface area contributed by atoms with Crippen molar-refractivity contribution in [1.29, 1.82) is 0 Å². The van der Waals surface area contributed by atoms with Crippen LogP contribution in [0.15, 0.2) is 24.3 Å². The fraction of sp³-hybridized carbons (Fsp3) is 0.667. The molecule has 2 fully saturated rings. The van der Waals surface area contributed by atoms with E-state index in [1.165, 1.54) is 6.42 Å². The van der Waals surface area contributed by atoms with Gasteiger partial charge in [-0.25, -0.2) is 0 Å². The molecule has 2 heterocycles. The molecule has 0 saturated carbocycles. The van der Waals surface area contributed by atoms with E-state index in [2.05, 4.69) is 0 Å². The molecule has 0 aromatic heterocycles. The summed E-state index contributed by atoms with van der Waals surface area (Å²) in [5.41, 5.74) is -1.33. The molecule has 172 valence electrons. The second-order valence-electron chi connectivity index (χ2n) is 9.41. The number of hydrogen-bond acceptors (Lipinski definition) is 4. The predicted octanol–water partition coefficient (Wildman–Crippen LogP) is 4.16. The average molecular weight is 451 g/mol. The Morgan fingerprint density at radius 2 is 1.81 bits per heavy atom. The second-order valence-corrected chi connectivity index (χ2v) is 9.85. The number of rotatable bonds is 7. The van der Waals surface area contributed by atoms with Crippen molar-refractivity contribution >= 4 is 23.4 Å². The quantitative estimate of drug-likeness (QED) is 0.626. The average Bonchev–Trinajstić information content (AvgIpc) is 2.78. The highest BCUT2D eigenvalue weighted by molar-refractivity contribution is 6.30. The van der Waals surface area contributed by atoms with Crippen molar-refractivity contribution in [2.45, 2.75) is 58.0 Å². The van der Waals surface area contributed by atoms with Crippen molar-refractivity contribution < 1.29 is 19.1 Å². The van der Waals surface area contributed by atoms with E-state index < -0.39 is 11.0 Å². The first kappa shape index (κ1) is 23.9. The van der Waals surface area contributed by atoms with Crippen LogP contribution in [-0.4, -0.2) is 67.1 Å². The Morgan fingerprint density at radius 3 is 2.48 bits per heavy atom. The molecule has 1 aromatic carbocycles. The van der Waals surface area contributed by atoms with Gasteiger partial charge >= 0.3 is 0 Å². The van der Waals surface area contributed by atoms with Crippen LogP contribution in [0.3, 0.4) is 0 Å². The Balaban J connectivity index is 1.78. The van der Waals surface area contributed by atoms with E-state index in [1.54, 1.807) is 33.1 Å². The first-order chi connectivity index (χ1) is 14.7. The highest BCUT2D eigenvalue weighted by atomic mass is 35.5. The number of piperidine rings is 2. The van der Waals surface area contributed by atoms with E-state index in [1.807, 2.05) is 21.9 Å². The number of benzene rings is 1. The Bertz CT molecular complexity index is 779. The van der Waals surface area contributed by atoms with E-state index in [-0.39, 0.29) is 11.8 Å². The molecule has 0 bridgehead atoms. The van der Waals surface area contributed by atoms with E-state index in [0.29, 0.717) is 36.9 Å². The molecule has 0 spiro atoms. The van der Waals surface area contributed by atoms with Crippen LogP contribution in [0.4, 0.5) is 0 Å². The molecule has 7 heteroatoms. The van der Waals surface area contributed by atoms with Gasteiger partial charge in [0.2, 0.25) is 5.91 Å². The molecule has 0 N–H and O–H groups in total. The second kappa shape index (κ2) is 10.2. The van der Waals surface area contributed by atoms with Gasteiger partial charge in [0.05, 0.1) is 6.61 Å². The van der Waals surface area contributed by atoms with Gasteiger partial charge < -0.3 is 19.3 Å². The van der Waals surface area contributed by atoms with Gasteiger partial charge in [0.1, 0.15) is 11.4 Å². The van der Waals surface area contributed by atoms with Crippen molar-refractivity contribution in [2.24, 2.45) is 5.41 Å². The van der Waals surface area contributed by atoms with Gasteiger partial charge in [-0.1, -0.05) is 17.7 Å². The molecular formula is C24H35ClN2O4. The maximum absolute atomic E-state index is 13.2. The number of carbonyl (C=O) groups is 2. The smallest absolute Gasteiger partial charge is 0.254 e. The maximum Gasteiger partial charge on any atom is 0.254 e. The van der Waals surface area contributed by atoms with Crippen LogP contribution in [0.25, 0.3) is 0 Å². The summed E-state index contributed by atoms with van der Waals surface area (Å²) in [6.07, 6.45) is 5.35. The van der Waals surface area contributed by atoms with Gasteiger partial charge in [0.25, 0.3) is 5.91 Å².